The quantitative estimate of drug-likeness (QED) is 0.513. The lowest BCUT2D eigenvalue weighted by Crippen LogP contribution is -2.50. The van der Waals surface area contributed by atoms with Gasteiger partial charge in [-0.3, -0.25) is 9.59 Å². The van der Waals surface area contributed by atoms with Crippen LogP contribution in [0.25, 0.3) is 0 Å². The Balaban J connectivity index is 1.45. The minimum atomic E-state index is -0.737. The van der Waals surface area contributed by atoms with Gasteiger partial charge in [-0.1, -0.05) is 18.2 Å². The van der Waals surface area contributed by atoms with Crippen LogP contribution in [0, 0.1) is 21.2 Å². The van der Waals surface area contributed by atoms with Crippen molar-refractivity contribution in [2.24, 2.45) is 11.8 Å². The molecule has 4 nitrogen and oxygen atoms in total. The standard InChI is InChI=1S/C27H29FINO3/c28-21-8-1-17(2-9-21)16-27-13-14-30(25(31)18-3-5-19(6-4-18)26(32)33)24(27)12-7-20-15-22(29)10-11-23(20)27/h1-2,8-11,15,18-19,24H,3-7,12-14,16H2,(H,32,33)/t18-,19-,24-,27-/m1/s1. The Hall–Kier alpha value is -1.96. The first-order chi connectivity index (χ1) is 15.9. The lowest BCUT2D eigenvalue weighted by molar-refractivity contribution is -0.146. The molecule has 3 aliphatic rings. The molecule has 5 rings (SSSR count). The number of carbonyl (C=O) groups is 2. The fourth-order valence-electron chi connectivity index (χ4n) is 6.59. The van der Waals surface area contributed by atoms with Gasteiger partial charge >= 0.3 is 5.97 Å². The Labute approximate surface area is 207 Å². The maximum Gasteiger partial charge on any atom is 0.306 e. The van der Waals surface area contributed by atoms with Crippen molar-refractivity contribution in [1.82, 2.24) is 4.90 Å². The van der Waals surface area contributed by atoms with Crippen LogP contribution in [0.4, 0.5) is 4.39 Å². The Kier molecular flexibility index (Phi) is 6.23. The van der Waals surface area contributed by atoms with Gasteiger partial charge < -0.3 is 10.0 Å². The van der Waals surface area contributed by atoms with Crippen LogP contribution in [-0.4, -0.2) is 34.5 Å². The van der Waals surface area contributed by atoms with Crippen molar-refractivity contribution < 1.29 is 19.1 Å². The van der Waals surface area contributed by atoms with Gasteiger partial charge in [0.15, 0.2) is 0 Å². The molecule has 0 spiro atoms. The Morgan fingerprint density at radius 1 is 1.03 bits per heavy atom. The zero-order chi connectivity index (χ0) is 23.2. The maximum atomic E-state index is 13.7. The summed E-state index contributed by atoms with van der Waals surface area (Å²) in [6, 6.07) is 13.6. The van der Waals surface area contributed by atoms with Crippen molar-refractivity contribution >= 4 is 34.5 Å². The zero-order valence-electron chi connectivity index (χ0n) is 18.6. The first-order valence-electron chi connectivity index (χ1n) is 11.9. The highest BCUT2D eigenvalue weighted by atomic mass is 127. The number of hydrogen-bond acceptors (Lipinski definition) is 2. The highest BCUT2D eigenvalue weighted by Crippen LogP contribution is 2.50. The van der Waals surface area contributed by atoms with Crippen LogP contribution in [-0.2, 0) is 27.8 Å². The Morgan fingerprint density at radius 2 is 1.73 bits per heavy atom. The fraction of sp³-hybridized carbons (Fsp3) is 0.481. The molecular weight excluding hydrogens is 532 g/mol. The molecule has 2 aromatic carbocycles. The largest absolute Gasteiger partial charge is 0.481 e. The van der Waals surface area contributed by atoms with E-state index in [2.05, 4.69) is 45.7 Å². The predicted octanol–water partition coefficient (Wildman–Crippen LogP) is 5.35. The normalized spacial score (nSPS) is 28.8. The number of aryl methyl sites for hydroxylation is 1. The molecular formula is C27H29FINO3. The van der Waals surface area contributed by atoms with E-state index in [9.17, 15) is 19.1 Å². The highest BCUT2D eigenvalue weighted by molar-refractivity contribution is 14.1. The third-order valence-corrected chi connectivity index (χ3v) is 8.92. The minimum absolute atomic E-state index is 0.0691. The summed E-state index contributed by atoms with van der Waals surface area (Å²) in [6.07, 6.45) is 6.10. The third kappa shape index (κ3) is 4.19. The van der Waals surface area contributed by atoms with Crippen molar-refractivity contribution in [3.8, 4) is 0 Å². The molecule has 6 heteroatoms. The number of fused-ring (bicyclic) bond motifs is 3. The molecule has 1 saturated heterocycles. The van der Waals surface area contributed by atoms with Gasteiger partial charge in [-0.15, -0.1) is 0 Å². The monoisotopic (exact) mass is 561 g/mol. The Bertz CT molecular complexity index is 1060. The van der Waals surface area contributed by atoms with E-state index >= 15 is 0 Å². The molecule has 0 bridgehead atoms. The van der Waals surface area contributed by atoms with E-state index in [-0.39, 0.29) is 35.0 Å². The Morgan fingerprint density at radius 3 is 2.42 bits per heavy atom. The van der Waals surface area contributed by atoms with Crippen molar-refractivity contribution in [1.29, 1.82) is 0 Å². The second-order valence-electron chi connectivity index (χ2n) is 9.98. The number of carbonyl (C=O) groups excluding carboxylic acids is 1. The molecule has 174 valence electrons. The van der Waals surface area contributed by atoms with Gasteiger partial charge in [-0.05, 0) is 115 Å². The van der Waals surface area contributed by atoms with E-state index in [1.54, 1.807) is 0 Å². The molecule has 1 heterocycles. The number of hydrogen-bond donors (Lipinski definition) is 1. The van der Waals surface area contributed by atoms with E-state index in [4.69, 9.17) is 0 Å². The van der Waals surface area contributed by atoms with Crippen LogP contribution < -0.4 is 0 Å². The molecule has 1 saturated carbocycles. The number of nitrogens with zero attached hydrogens (tertiary/aromatic N) is 1. The van der Waals surface area contributed by atoms with Crippen LogP contribution in [0.3, 0.4) is 0 Å². The second-order valence-corrected chi connectivity index (χ2v) is 11.2. The summed E-state index contributed by atoms with van der Waals surface area (Å²) >= 11 is 2.36. The van der Waals surface area contributed by atoms with E-state index in [0.29, 0.717) is 25.7 Å². The number of rotatable bonds is 4. The number of benzene rings is 2. The van der Waals surface area contributed by atoms with Gasteiger partial charge in [0.1, 0.15) is 5.82 Å². The van der Waals surface area contributed by atoms with Gasteiger partial charge in [0, 0.05) is 27.5 Å². The summed E-state index contributed by atoms with van der Waals surface area (Å²) in [5.41, 5.74) is 3.65. The minimum Gasteiger partial charge on any atom is -0.481 e. The average Bonchev–Trinajstić information content (AvgIpc) is 3.19. The van der Waals surface area contributed by atoms with Crippen LogP contribution in [0.5, 0.6) is 0 Å². The van der Waals surface area contributed by atoms with Gasteiger partial charge in [0.05, 0.1) is 5.92 Å². The summed E-state index contributed by atoms with van der Waals surface area (Å²) in [6.45, 7) is 0.731. The topological polar surface area (TPSA) is 57.6 Å². The number of halogens is 2. The average molecular weight is 561 g/mol. The molecule has 0 unspecified atom stereocenters. The van der Waals surface area contributed by atoms with E-state index < -0.39 is 5.97 Å². The maximum absolute atomic E-state index is 13.7. The molecule has 2 aromatic rings. The second kappa shape index (κ2) is 9.01. The first-order valence-corrected chi connectivity index (χ1v) is 13.0. The molecule has 2 atom stereocenters. The molecule has 2 aliphatic carbocycles. The van der Waals surface area contributed by atoms with Crippen LogP contribution in [0.2, 0.25) is 0 Å². The van der Waals surface area contributed by atoms with Crippen molar-refractivity contribution in [3.63, 3.8) is 0 Å². The molecule has 0 aromatic heterocycles. The molecule has 1 aliphatic heterocycles. The lowest BCUT2D eigenvalue weighted by Gasteiger charge is -2.44. The molecule has 0 radical (unpaired) electrons. The molecule has 33 heavy (non-hydrogen) atoms. The van der Waals surface area contributed by atoms with E-state index in [1.165, 1.54) is 26.8 Å². The number of amides is 1. The van der Waals surface area contributed by atoms with Crippen LogP contribution in [0.1, 0.15) is 55.2 Å². The summed E-state index contributed by atoms with van der Waals surface area (Å²) in [4.78, 5) is 27.1. The third-order valence-electron chi connectivity index (χ3n) is 8.25. The van der Waals surface area contributed by atoms with E-state index in [0.717, 1.165) is 37.8 Å². The first kappa shape index (κ1) is 22.8. The van der Waals surface area contributed by atoms with Crippen molar-refractivity contribution in [2.45, 2.75) is 62.8 Å². The van der Waals surface area contributed by atoms with Crippen LogP contribution in [0.15, 0.2) is 42.5 Å². The number of carboxylic acid groups (broad SMARTS) is 1. The summed E-state index contributed by atoms with van der Waals surface area (Å²) in [7, 11) is 0. The number of likely N-dealkylation sites (tertiary alicyclic amines) is 1. The molecule has 1 N–H and O–H groups in total. The smallest absolute Gasteiger partial charge is 0.306 e. The highest BCUT2D eigenvalue weighted by Gasteiger charge is 2.53. The zero-order valence-corrected chi connectivity index (χ0v) is 20.8. The van der Waals surface area contributed by atoms with Gasteiger partial charge in [0.2, 0.25) is 5.91 Å². The SMILES string of the molecule is O=C(O)[C@H]1CC[C@H](C(=O)N2CC[C@@]3(Cc4ccc(F)cc4)c4ccc(I)cc4CC[C@@H]23)CC1. The van der Waals surface area contributed by atoms with E-state index in [1.807, 2.05) is 12.1 Å². The number of carboxylic acids is 1. The van der Waals surface area contributed by atoms with Gasteiger partial charge in [-0.25, -0.2) is 4.39 Å². The molecule has 2 fully saturated rings. The molecule has 1 amide bonds. The fourth-order valence-corrected chi connectivity index (χ4v) is 7.14. The van der Waals surface area contributed by atoms with Gasteiger partial charge in [0.25, 0.3) is 0 Å². The van der Waals surface area contributed by atoms with Gasteiger partial charge in [-0.2, -0.15) is 0 Å². The summed E-state index contributed by atoms with van der Waals surface area (Å²) in [5.74, 6) is -1.14. The number of aliphatic carboxylic acids is 1. The van der Waals surface area contributed by atoms with Crippen molar-refractivity contribution in [2.75, 3.05) is 6.54 Å². The lowest BCUT2D eigenvalue weighted by atomic mass is 9.64. The van der Waals surface area contributed by atoms with Crippen molar-refractivity contribution in [3.05, 3.63) is 68.5 Å². The predicted molar refractivity (Wildman–Crippen MR) is 132 cm³/mol. The summed E-state index contributed by atoms with van der Waals surface area (Å²) < 4.78 is 14.8. The summed E-state index contributed by atoms with van der Waals surface area (Å²) in [5, 5.41) is 9.31. The van der Waals surface area contributed by atoms with Crippen LogP contribution >= 0.6 is 22.6 Å².